The van der Waals surface area contributed by atoms with E-state index in [1.807, 2.05) is 20.8 Å². The zero-order chi connectivity index (χ0) is 13.1. The van der Waals surface area contributed by atoms with E-state index in [4.69, 9.17) is 0 Å². The molecule has 0 saturated heterocycles. The smallest absolute Gasteiger partial charge is 0.139 e. The van der Waals surface area contributed by atoms with E-state index in [2.05, 4.69) is 21.2 Å². The molecule has 0 radical (unpaired) electrons. The van der Waals surface area contributed by atoms with Gasteiger partial charge in [-0.05, 0) is 53.4 Å². The normalized spacial score (nSPS) is 11.6. The van der Waals surface area contributed by atoms with Crippen LogP contribution in [0.15, 0.2) is 16.6 Å². The Balaban J connectivity index is 2.79. The van der Waals surface area contributed by atoms with Gasteiger partial charge < -0.3 is 10.4 Å². The van der Waals surface area contributed by atoms with Crippen LogP contribution < -0.4 is 5.32 Å². The number of rotatable bonds is 5. The van der Waals surface area contributed by atoms with E-state index >= 15 is 0 Å². The molecule has 0 unspecified atom stereocenters. The molecule has 96 valence electrons. The zero-order valence-corrected chi connectivity index (χ0v) is 12.1. The zero-order valence-electron chi connectivity index (χ0n) is 10.5. The van der Waals surface area contributed by atoms with Crippen LogP contribution in [0.3, 0.4) is 0 Å². The quantitative estimate of drug-likeness (QED) is 0.866. The van der Waals surface area contributed by atoms with Gasteiger partial charge in [0.2, 0.25) is 0 Å². The van der Waals surface area contributed by atoms with Crippen LogP contribution in [0.4, 0.5) is 10.1 Å². The van der Waals surface area contributed by atoms with Crippen molar-refractivity contribution >= 4 is 21.6 Å². The molecule has 0 amide bonds. The fourth-order valence-electron chi connectivity index (χ4n) is 1.60. The van der Waals surface area contributed by atoms with Crippen molar-refractivity contribution in [3.63, 3.8) is 0 Å². The molecule has 2 N–H and O–H groups in total. The van der Waals surface area contributed by atoms with E-state index in [0.29, 0.717) is 23.9 Å². The maximum absolute atomic E-state index is 13.4. The highest BCUT2D eigenvalue weighted by atomic mass is 79.9. The van der Waals surface area contributed by atoms with Gasteiger partial charge in [-0.2, -0.15) is 0 Å². The van der Waals surface area contributed by atoms with Crippen molar-refractivity contribution in [1.29, 1.82) is 0 Å². The summed E-state index contributed by atoms with van der Waals surface area (Å²) in [7, 11) is 0. The summed E-state index contributed by atoms with van der Waals surface area (Å²) in [4.78, 5) is 0. The van der Waals surface area contributed by atoms with Crippen molar-refractivity contribution < 1.29 is 9.50 Å². The van der Waals surface area contributed by atoms with Gasteiger partial charge in [-0.25, -0.2) is 4.39 Å². The van der Waals surface area contributed by atoms with E-state index in [-0.39, 0.29) is 5.82 Å². The predicted octanol–water partition coefficient (Wildman–Crippen LogP) is 3.86. The van der Waals surface area contributed by atoms with Crippen molar-refractivity contribution in [2.24, 2.45) is 0 Å². The minimum Gasteiger partial charge on any atom is -0.388 e. The summed E-state index contributed by atoms with van der Waals surface area (Å²) in [5.41, 5.74) is 0.953. The second kappa shape index (κ2) is 5.83. The van der Waals surface area contributed by atoms with Crippen LogP contribution in [-0.4, -0.2) is 17.3 Å². The highest BCUT2D eigenvalue weighted by Crippen LogP contribution is 2.25. The van der Waals surface area contributed by atoms with Gasteiger partial charge in [0.1, 0.15) is 5.82 Å². The largest absolute Gasteiger partial charge is 0.388 e. The Morgan fingerprint density at radius 1 is 1.35 bits per heavy atom. The average Bonchev–Trinajstić information content (AvgIpc) is 2.32. The number of aliphatic hydroxyl groups is 1. The lowest BCUT2D eigenvalue weighted by atomic mass is 9.97. The van der Waals surface area contributed by atoms with Crippen LogP contribution in [0.1, 0.15) is 32.3 Å². The topological polar surface area (TPSA) is 32.3 Å². The number of benzene rings is 1. The highest BCUT2D eigenvalue weighted by molar-refractivity contribution is 9.10. The molecular weight excluding hydrogens is 285 g/mol. The monoisotopic (exact) mass is 303 g/mol. The minimum absolute atomic E-state index is 0.297. The van der Waals surface area contributed by atoms with E-state index < -0.39 is 5.60 Å². The first-order valence-corrected chi connectivity index (χ1v) is 6.63. The first kappa shape index (κ1) is 14.5. The van der Waals surface area contributed by atoms with Crippen molar-refractivity contribution in [3.05, 3.63) is 28.0 Å². The first-order chi connectivity index (χ1) is 7.91. The Hall–Kier alpha value is -0.610. The lowest BCUT2D eigenvalue weighted by Gasteiger charge is -2.26. The summed E-state index contributed by atoms with van der Waals surface area (Å²) < 4.78 is 13.9. The number of halogens is 2. The van der Waals surface area contributed by atoms with E-state index in [1.165, 1.54) is 6.07 Å². The number of nitrogens with one attached hydrogen (secondary N) is 1. The molecule has 0 saturated carbocycles. The predicted molar refractivity (Wildman–Crippen MR) is 72.9 cm³/mol. The Morgan fingerprint density at radius 2 is 1.94 bits per heavy atom. The van der Waals surface area contributed by atoms with Crippen LogP contribution in [-0.2, 0) is 0 Å². The minimum atomic E-state index is -0.726. The third-order valence-corrected chi connectivity index (χ3v) is 3.80. The maximum Gasteiger partial charge on any atom is 0.139 e. The number of hydrogen-bond acceptors (Lipinski definition) is 2. The van der Waals surface area contributed by atoms with Gasteiger partial charge >= 0.3 is 0 Å². The van der Waals surface area contributed by atoms with E-state index in [9.17, 15) is 9.50 Å². The van der Waals surface area contributed by atoms with Gasteiger partial charge in [0.05, 0.1) is 10.1 Å². The Morgan fingerprint density at radius 3 is 2.47 bits per heavy atom. The molecular formula is C13H19BrFNO. The van der Waals surface area contributed by atoms with Crippen LogP contribution in [0.25, 0.3) is 0 Å². The van der Waals surface area contributed by atoms with Crippen LogP contribution in [0, 0.1) is 12.7 Å². The maximum atomic E-state index is 13.4. The molecule has 17 heavy (non-hydrogen) atoms. The van der Waals surface area contributed by atoms with Gasteiger partial charge in [-0.3, -0.25) is 0 Å². The standard InChI is InChI=1S/C13H19BrFNO/c1-4-13(17,5-2)8-16-12-7-11(15)10(14)6-9(12)3/h6-7,16-17H,4-5,8H2,1-3H3. The summed E-state index contributed by atoms with van der Waals surface area (Å²) in [6.45, 7) is 6.23. The number of aryl methyl sites for hydroxylation is 1. The third-order valence-electron chi connectivity index (χ3n) is 3.19. The van der Waals surface area contributed by atoms with E-state index in [0.717, 1.165) is 11.3 Å². The van der Waals surface area contributed by atoms with Gasteiger partial charge in [0.25, 0.3) is 0 Å². The summed E-state index contributed by atoms with van der Waals surface area (Å²) in [5, 5.41) is 13.3. The fourth-order valence-corrected chi connectivity index (χ4v) is 2.05. The summed E-state index contributed by atoms with van der Waals surface area (Å²) in [6, 6.07) is 3.18. The summed E-state index contributed by atoms with van der Waals surface area (Å²) in [5.74, 6) is -0.297. The van der Waals surface area contributed by atoms with Crippen molar-refractivity contribution in [2.45, 2.75) is 39.2 Å². The molecule has 0 atom stereocenters. The second-order valence-corrected chi connectivity index (χ2v) is 5.22. The van der Waals surface area contributed by atoms with Gasteiger partial charge in [-0.1, -0.05) is 13.8 Å². The Labute approximate surface area is 110 Å². The van der Waals surface area contributed by atoms with Crippen LogP contribution in [0.5, 0.6) is 0 Å². The van der Waals surface area contributed by atoms with E-state index in [1.54, 1.807) is 6.07 Å². The van der Waals surface area contributed by atoms with Crippen LogP contribution in [0.2, 0.25) is 0 Å². The van der Waals surface area contributed by atoms with Crippen molar-refractivity contribution in [1.82, 2.24) is 0 Å². The first-order valence-electron chi connectivity index (χ1n) is 5.83. The average molecular weight is 304 g/mol. The Kier molecular flexibility index (Phi) is 4.95. The van der Waals surface area contributed by atoms with Gasteiger partial charge in [0, 0.05) is 12.2 Å². The van der Waals surface area contributed by atoms with Crippen molar-refractivity contribution in [2.75, 3.05) is 11.9 Å². The number of hydrogen-bond donors (Lipinski definition) is 2. The molecule has 2 nitrogen and oxygen atoms in total. The molecule has 0 fully saturated rings. The van der Waals surface area contributed by atoms with Crippen molar-refractivity contribution in [3.8, 4) is 0 Å². The second-order valence-electron chi connectivity index (χ2n) is 4.37. The highest BCUT2D eigenvalue weighted by Gasteiger charge is 2.22. The summed E-state index contributed by atoms with van der Waals surface area (Å²) >= 11 is 3.15. The lowest BCUT2D eigenvalue weighted by molar-refractivity contribution is 0.0457. The van der Waals surface area contributed by atoms with Gasteiger partial charge in [0.15, 0.2) is 0 Å². The molecule has 0 aromatic heterocycles. The molecule has 0 aliphatic rings. The van der Waals surface area contributed by atoms with Gasteiger partial charge in [-0.15, -0.1) is 0 Å². The Bertz CT molecular complexity index is 391. The lowest BCUT2D eigenvalue weighted by Crippen LogP contribution is -2.35. The molecule has 1 aromatic rings. The summed E-state index contributed by atoms with van der Waals surface area (Å²) in [6.07, 6.45) is 1.35. The third kappa shape index (κ3) is 3.68. The fraction of sp³-hybridized carbons (Fsp3) is 0.538. The molecule has 0 bridgehead atoms. The number of anilines is 1. The van der Waals surface area contributed by atoms with Crippen LogP contribution >= 0.6 is 15.9 Å². The molecule has 1 rings (SSSR count). The molecule has 1 aromatic carbocycles. The molecule has 0 heterocycles. The molecule has 0 aliphatic carbocycles. The molecule has 0 spiro atoms. The SMILES string of the molecule is CCC(O)(CC)CNc1cc(F)c(Br)cc1C. The molecule has 4 heteroatoms. The molecule has 0 aliphatic heterocycles.